The van der Waals surface area contributed by atoms with Gasteiger partial charge < -0.3 is 5.73 Å². The first kappa shape index (κ1) is 14.2. The van der Waals surface area contributed by atoms with E-state index in [2.05, 4.69) is 13.0 Å². The number of benzene rings is 1. The Bertz CT molecular complexity index is 405. The zero-order valence-corrected chi connectivity index (χ0v) is 12.3. The van der Waals surface area contributed by atoms with Gasteiger partial charge in [0.15, 0.2) is 0 Å². The molecule has 1 aromatic carbocycles. The predicted molar refractivity (Wildman–Crippen MR) is 79.4 cm³/mol. The Labute approximate surface area is 120 Å². The minimum absolute atomic E-state index is 0.574. The summed E-state index contributed by atoms with van der Waals surface area (Å²) in [5.41, 5.74) is 7.18. The molecule has 2 rings (SSSR count). The van der Waals surface area contributed by atoms with Crippen LogP contribution < -0.4 is 5.73 Å². The van der Waals surface area contributed by atoms with Gasteiger partial charge in [-0.3, -0.25) is 0 Å². The molecule has 0 heterocycles. The van der Waals surface area contributed by atoms with Crippen LogP contribution in [0.3, 0.4) is 0 Å². The second-order valence-corrected chi connectivity index (χ2v) is 6.26. The average molecular weight is 286 g/mol. The van der Waals surface area contributed by atoms with Crippen molar-refractivity contribution >= 4 is 23.2 Å². The second-order valence-electron chi connectivity index (χ2n) is 5.44. The predicted octanol–water partition coefficient (Wildman–Crippen LogP) is 4.86. The van der Waals surface area contributed by atoms with E-state index in [0.717, 1.165) is 6.54 Å². The number of hydrogen-bond acceptors (Lipinski definition) is 1. The molecule has 1 fully saturated rings. The molecule has 0 amide bonds. The Kier molecular flexibility index (Phi) is 4.94. The van der Waals surface area contributed by atoms with Crippen LogP contribution >= 0.6 is 23.2 Å². The molecule has 3 unspecified atom stereocenters. The Morgan fingerprint density at radius 1 is 1.22 bits per heavy atom. The summed E-state index contributed by atoms with van der Waals surface area (Å²) in [7, 11) is 0. The largest absolute Gasteiger partial charge is 0.330 e. The number of halogens is 2. The molecule has 2 N–H and O–H groups in total. The maximum Gasteiger partial charge on any atom is 0.0595 e. The first-order valence-electron chi connectivity index (χ1n) is 6.78. The van der Waals surface area contributed by atoms with Gasteiger partial charge in [0.2, 0.25) is 0 Å². The SMILES string of the molecule is CC(CN)C1CCCCC1c1ccc(Cl)c(Cl)c1. The highest BCUT2D eigenvalue weighted by atomic mass is 35.5. The maximum atomic E-state index is 6.14. The van der Waals surface area contributed by atoms with Crippen molar-refractivity contribution < 1.29 is 0 Å². The van der Waals surface area contributed by atoms with Gasteiger partial charge in [0, 0.05) is 0 Å². The monoisotopic (exact) mass is 285 g/mol. The van der Waals surface area contributed by atoms with Gasteiger partial charge in [-0.15, -0.1) is 0 Å². The van der Waals surface area contributed by atoms with E-state index in [9.17, 15) is 0 Å². The van der Waals surface area contributed by atoms with E-state index in [1.807, 2.05) is 12.1 Å². The average Bonchev–Trinajstić information content (AvgIpc) is 2.41. The number of rotatable bonds is 3. The number of hydrogen-bond donors (Lipinski definition) is 1. The first-order valence-corrected chi connectivity index (χ1v) is 7.54. The topological polar surface area (TPSA) is 26.0 Å². The standard InChI is InChI=1S/C15H21Cl2N/c1-10(9-18)12-4-2-3-5-13(12)11-6-7-14(16)15(17)8-11/h6-8,10,12-13H,2-5,9,18H2,1H3. The van der Waals surface area contributed by atoms with Crippen molar-refractivity contribution in [3.63, 3.8) is 0 Å². The van der Waals surface area contributed by atoms with E-state index in [4.69, 9.17) is 28.9 Å². The molecule has 100 valence electrons. The molecule has 0 saturated heterocycles. The molecule has 18 heavy (non-hydrogen) atoms. The van der Waals surface area contributed by atoms with E-state index in [1.165, 1.54) is 31.2 Å². The van der Waals surface area contributed by atoms with Crippen LogP contribution in [0.25, 0.3) is 0 Å². The van der Waals surface area contributed by atoms with Gasteiger partial charge in [-0.05, 0) is 54.8 Å². The van der Waals surface area contributed by atoms with Crippen LogP contribution in [-0.4, -0.2) is 6.54 Å². The third-order valence-electron chi connectivity index (χ3n) is 4.29. The molecule has 3 atom stereocenters. The summed E-state index contributed by atoms with van der Waals surface area (Å²) in [5, 5.41) is 1.30. The Balaban J connectivity index is 2.24. The van der Waals surface area contributed by atoms with Crippen molar-refractivity contribution in [2.75, 3.05) is 6.54 Å². The van der Waals surface area contributed by atoms with Crippen LogP contribution in [0.5, 0.6) is 0 Å². The lowest BCUT2D eigenvalue weighted by molar-refractivity contribution is 0.230. The lowest BCUT2D eigenvalue weighted by atomic mass is 9.70. The van der Waals surface area contributed by atoms with Gasteiger partial charge in [0.25, 0.3) is 0 Å². The van der Waals surface area contributed by atoms with E-state index in [0.29, 0.717) is 27.8 Å². The van der Waals surface area contributed by atoms with E-state index in [-0.39, 0.29) is 0 Å². The van der Waals surface area contributed by atoms with Gasteiger partial charge in [0.1, 0.15) is 0 Å². The third-order valence-corrected chi connectivity index (χ3v) is 5.03. The fourth-order valence-corrected chi connectivity index (χ4v) is 3.48. The maximum absolute atomic E-state index is 6.14. The molecule has 0 aliphatic heterocycles. The third kappa shape index (κ3) is 3.01. The van der Waals surface area contributed by atoms with Gasteiger partial charge in [0.05, 0.1) is 10.0 Å². The highest BCUT2D eigenvalue weighted by molar-refractivity contribution is 6.42. The van der Waals surface area contributed by atoms with E-state index >= 15 is 0 Å². The van der Waals surface area contributed by atoms with Gasteiger partial charge in [-0.2, -0.15) is 0 Å². The minimum Gasteiger partial charge on any atom is -0.330 e. The number of nitrogens with two attached hydrogens (primary N) is 1. The molecule has 0 aromatic heterocycles. The summed E-state index contributed by atoms with van der Waals surface area (Å²) in [5.74, 6) is 1.85. The van der Waals surface area contributed by atoms with Crippen molar-refractivity contribution in [2.24, 2.45) is 17.6 Å². The lowest BCUT2D eigenvalue weighted by Gasteiger charge is -2.35. The fraction of sp³-hybridized carbons (Fsp3) is 0.600. The smallest absolute Gasteiger partial charge is 0.0595 e. The second kappa shape index (κ2) is 6.27. The molecule has 1 saturated carbocycles. The zero-order chi connectivity index (χ0) is 13.1. The molecule has 1 aliphatic carbocycles. The Hall–Kier alpha value is -0.240. The van der Waals surface area contributed by atoms with Crippen LogP contribution in [-0.2, 0) is 0 Å². The van der Waals surface area contributed by atoms with Crippen molar-refractivity contribution in [3.05, 3.63) is 33.8 Å². The van der Waals surface area contributed by atoms with Crippen LogP contribution in [0.15, 0.2) is 18.2 Å². The molecule has 0 radical (unpaired) electrons. The van der Waals surface area contributed by atoms with Crippen molar-refractivity contribution in [1.29, 1.82) is 0 Å². The summed E-state index contributed by atoms with van der Waals surface area (Å²) >= 11 is 12.1. The molecule has 3 heteroatoms. The van der Waals surface area contributed by atoms with Crippen LogP contribution in [0.1, 0.15) is 44.1 Å². The van der Waals surface area contributed by atoms with Crippen LogP contribution in [0.4, 0.5) is 0 Å². The van der Waals surface area contributed by atoms with E-state index in [1.54, 1.807) is 0 Å². The van der Waals surface area contributed by atoms with Gasteiger partial charge in [-0.1, -0.05) is 49.0 Å². The molecule has 1 nitrogen and oxygen atoms in total. The summed E-state index contributed by atoms with van der Waals surface area (Å²) < 4.78 is 0. The van der Waals surface area contributed by atoms with Crippen LogP contribution in [0, 0.1) is 11.8 Å². The van der Waals surface area contributed by atoms with Gasteiger partial charge in [-0.25, -0.2) is 0 Å². The lowest BCUT2D eigenvalue weighted by Crippen LogP contribution is -2.28. The van der Waals surface area contributed by atoms with Crippen molar-refractivity contribution in [1.82, 2.24) is 0 Å². The van der Waals surface area contributed by atoms with Crippen molar-refractivity contribution in [2.45, 2.75) is 38.5 Å². The summed E-state index contributed by atoms with van der Waals surface area (Å²) in [6.45, 7) is 3.03. The molecular weight excluding hydrogens is 265 g/mol. The Morgan fingerprint density at radius 2 is 1.94 bits per heavy atom. The molecule has 1 aromatic rings. The minimum atomic E-state index is 0.574. The molecule has 0 spiro atoms. The summed E-state index contributed by atoms with van der Waals surface area (Å²) in [6, 6.07) is 6.08. The van der Waals surface area contributed by atoms with E-state index < -0.39 is 0 Å². The van der Waals surface area contributed by atoms with Crippen molar-refractivity contribution in [3.8, 4) is 0 Å². The Morgan fingerprint density at radius 3 is 2.61 bits per heavy atom. The zero-order valence-electron chi connectivity index (χ0n) is 10.8. The first-order chi connectivity index (χ1) is 8.63. The quantitative estimate of drug-likeness (QED) is 0.843. The summed E-state index contributed by atoms with van der Waals surface area (Å²) in [6.07, 6.45) is 5.15. The molecular formula is C15H21Cl2N. The normalized spacial score (nSPS) is 26.0. The van der Waals surface area contributed by atoms with Gasteiger partial charge >= 0.3 is 0 Å². The fourth-order valence-electron chi connectivity index (χ4n) is 3.17. The van der Waals surface area contributed by atoms with Crippen LogP contribution in [0.2, 0.25) is 10.0 Å². The molecule has 0 bridgehead atoms. The highest BCUT2D eigenvalue weighted by Gasteiger charge is 2.30. The molecule has 1 aliphatic rings. The summed E-state index contributed by atoms with van der Waals surface area (Å²) in [4.78, 5) is 0. The highest BCUT2D eigenvalue weighted by Crippen LogP contribution is 2.42.